The molecule has 0 atom stereocenters. The maximum Gasteiger partial charge on any atom is 0.507 e. The van der Waals surface area contributed by atoms with Crippen LogP contribution in [0.4, 0.5) is 4.79 Å². The van der Waals surface area contributed by atoms with Crippen LogP contribution >= 0.6 is 0 Å². The van der Waals surface area contributed by atoms with Gasteiger partial charge in [0, 0.05) is 12.0 Å². The molecule has 0 saturated heterocycles. The third kappa shape index (κ3) is 3.34. The van der Waals surface area contributed by atoms with Gasteiger partial charge in [0.2, 0.25) is 5.89 Å². The normalized spacial score (nSPS) is 10.2. The summed E-state index contributed by atoms with van der Waals surface area (Å²) in [6, 6.07) is 9.65. The highest BCUT2D eigenvalue weighted by Crippen LogP contribution is 2.21. The molecule has 0 spiro atoms. The molecular weight excluding hydrogens is 246 g/mol. The van der Waals surface area contributed by atoms with Crippen LogP contribution in [-0.4, -0.2) is 24.9 Å². The minimum atomic E-state index is -0.690. The molecule has 0 amide bonds. The van der Waals surface area contributed by atoms with Gasteiger partial charge in [-0.2, -0.15) is 0 Å². The van der Waals surface area contributed by atoms with Gasteiger partial charge in [-0.3, -0.25) is 0 Å². The number of benzene rings is 1. The van der Waals surface area contributed by atoms with E-state index in [0.717, 1.165) is 17.0 Å². The van der Waals surface area contributed by atoms with Crippen molar-refractivity contribution in [2.45, 2.75) is 13.3 Å². The Labute approximate surface area is 111 Å². The second-order valence-corrected chi connectivity index (χ2v) is 3.94. The SMILES string of the molecule is COC(=O)OCCc1nc(-c2ccccc2)oc1C. The summed E-state index contributed by atoms with van der Waals surface area (Å²) in [5, 5.41) is 0. The molecule has 0 bridgehead atoms. The molecule has 1 aromatic heterocycles. The van der Waals surface area contributed by atoms with Gasteiger partial charge < -0.3 is 13.9 Å². The lowest BCUT2D eigenvalue weighted by Crippen LogP contribution is -2.07. The Morgan fingerprint density at radius 1 is 1.32 bits per heavy atom. The first-order chi connectivity index (χ1) is 9.20. The molecular formula is C14H15NO4. The van der Waals surface area contributed by atoms with E-state index in [2.05, 4.69) is 9.72 Å². The summed E-state index contributed by atoms with van der Waals surface area (Å²) < 4.78 is 14.8. The first kappa shape index (κ1) is 13.1. The van der Waals surface area contributed by atoms with Crippen molar-refractivity contribution in [2.75, 3.05) is 13.7 Å². The first-order valence-electron chi connectivity index (χ1n) is 5.93. The lowest BCUT2D eigenvalue weighted by Gasteiger charge is -2.00. The van der Waals surface area contributed by atoms with Crippen LogP contribution in [-0.2, 0) is 15.9 Å². The summed E-state index contributed by atoms with van der Waals surface area (Å²) in [5.41, 5.74) is 1.70. The Morgan fingerprint density at radius 2 is 2.05 bits per heavy atom. The van der Waals surface area contributed by atoms with Crippen molar-refractivity contribution in [3.8, 4) is 11.5 Å². The van der Waals surface area contributed by atoms with Crippen molar-refractivity contribution in [3.05, 3.63) is 41.8 Å². The molecule has 0 saturated carbocycles. The summed E-state index contributed by atoms with van der Waals surface area (Å²) >= 11 is 0. The van der Waals surface area contributed by atoms with E-state index in [-0.39, 0.29) is 6.61 Å². The van der Waals surface area contributed by atoms with Gasteiger partial charge in [0.05, 0.1) is 12.8 Å². The Hall–Kier alpha value is -2.30. The molecule has 1 aromatic carbocycles. The molecule has 0 N–H and O–H groups in total. The van der Waals surface area contributed by atoms with Crippen LogP contribution < -0.4 is 0 Å². The molecule has 1 heterocycles. The highest BCUT2D eigenvalue weighted by atomic mass is 16.7. The monoisotopic (exact) mass is 261 g/mol. The molecule has 0 aliphatic carbocycles. The van der Waals surface area contributed by atoms with Crippen LogP contribution in [0.1, 0.15) is 11.5 Å². The van der Waals surface area contributed by atoms with E-state index >= 15 is 0 Å². The van der Waals surface area contributed by atoms with Gasteiger partial charge in [-0.1, -0.05) is 18.2 Å². The van der Waals surface area contributed by atoms with E-state index in [1.165, 1.54) is 7.11 Å². The molecule has 5 heteroatoms. The zero-order chi connectivity index (χ0) is 13.7. The average molecular weight is 261 g/mol. The third-order valence-electron chi connectivity index (χ3n) is 2.64. The van der Waals surface area contributed by atoms with Gasteiger partial charge >= 0.3 is 6.16 Å². The van der Waals surface area contributed by atoms with Crippen LogP contribution in [0.15, 0.2) is 34.7 Å². The number of hydrogen-bond acceptors (Lipinski definition) is 5. The van der Waals surface area contributed by atoms with E-state index in [1.807, 2.05) is 37.3 Å². The number of aromatic nitrogens is 1. The standard InChI is InChI=1S/C14H15NO4/c1-10-12(8-9-18-14(16)17-2)15-13(19-10)11-6-4-3-5-7-11/h3-7H,8-9H2,1-2H3. The van der Waals surface area contributed by atoms with Crippen LogP contribution in [0.25, 0.3) is 11.5 Å². The summed E-state index contributed by atoms with van der Waals surface area (Å²) in [6.07, 6.45) is -0.193. The van der Waals surface area contributed by atoms with Crippen molar-refractivity contribution >= 4 is 6.16 Å². The Balaban J connectivity index is 2.03. The number of hydrogen-bond donors (Lipinski definition) is 0. The van der Waals surface area contributed by atoms with Crippen LogP contribution in [0.3, 0.4) is 0 Å². The quantitative estimate of drug-likeness (QED) is 0.792. The van der Waals surface area contributed by atoms with E-state index in [0.29, 0.717) is 12.3 Å². The third-order valence-corrected chi connectivity index (χ3v) is 2.64. The fraction of sp³-hybridized carbons (Fsp3) is 0.286. The fourth-order valence-electron chi connectivity index (χ4n) is 1.65. The number of aryl methyl sites for hydroxylation is 1. The minimum absolute atomic E-state index is 0.217. The summed E-state index contributed by atoms with van der Waals surface area (Å²) in [4.78, 5) is 15.2. The van der Waals surface area contributed by atoms with Gasteiger partial charge in [0.1, 0.15) is 12.4 Å². The van der Waals surface area contributed by atoms with Crippen molar-refractivity contribution in [1.29, 1.82) is 0 Å². The Bertz CT molecular complexity index is 548. The van der Waals surface area contributed by atoms with Gasteiger partial charge in [0.15, 0.2) is 0 Å². The predicted octanol–water partition coefficient (Wildman–Crippen LogP) is 2.98. The van der Waals surface area contributed by atoms with E-state index in [4.69, 9.17) is 9.15 Å². The number of oxazole rings is 1. The van der Waals surface area contributed by atoms with Crippen molar-refractivity contribution < 1.29 is 18.7 Å². The zero-order valence-corrected chi connectivity index (χ0v) is 10.9. The van der Waals surface area contributed by atoms with E-state index in [1.54, 1.807) is 0 Å². The van der Waals surface area contributed by atoms with Crippen molar-refractivity contribution in [2.24, 2.45) is 0 Å². The predicted molar refractivity (Wildman–Crippen MR) is 68.7 cm³/mol. The average Bonchev–Trinajstić information content (AvgIpc) is 2.81. The molecule has 0 aliphatic rings. The molecule has 0 unspecified atom stereocenters. The minimum Gasteiger partial charge on any atom is -0.441 e. The lowest BCUT2D eigenvalue weighted by molar-refractivity contribution is 0.0734. The Morgan fingerprint density at radius 3 is 2.74 bits per heavy atom. The number of carbonyl (C=O) groups is 1. The van der Waals surface area contributed by atoms with E-state index in [9.17, 15) is 4.79 Å². The zero-order valence-electron chi connectivity index (χ0n) is 10.9. The second kappa shape index (κ2) is 6.04. The van der Waals surface area contributed by atoms with Gasteiger partial charge in [0.25, 0.3) is 0 Å². The summed E-state index contributed by atoms with van der Waals surface area (Å²) in [7, 11) is 1.27. The molecule has 0 radical (unpaired) electrons. The first-order valence-corrected chi connectivity index (χ1v) is 5.93. The van der Waals surface area contributed by atoms with Gasteiger partial charge in [-0.05, 0) is 19.1 Å². The number of carbonyl (C=O) groups excluding carboxylic acids is 1. The smallest absolute Gasteiger partial charge is 0.441 e. The molecule has 5 nitrogen and oxygen atoms in total. The van der Waals surface area contributed by atoms with Crippen LogP contribution in [0.2, 0.25) is 0 Å². The molecule has 100 valence electrons. The van der Waals surface area contributed by atoms with Gasteiger partial charge in [-0.25, -0.2) is 9.78 Å². The maximum atomic E-state index is 10.8. The highest BCUT2D eigenvalue weighted by molar-refractivity contribution is 5.59. The topological polar surface area (TPSA) is 61.6 Å². The summed E-state index contributed by atoms with van der Waals surface area (Å²) in [5.74, 6) is 1.30. The molecule has 19 heavy (non-hydrogen) atoms. The number of nitrogens with zero attached hydrogens (tertiary/aromatic N) is 1. The highest BCUT2D eigenvalue weighted by Gasteiger charge is 2.11. The molecule has 0 aliphatic heterocycles. The molecule has 2 aromatic rings. The fourth-order valence-corrected chi connectivity index (χ4v) is 1.65. The van der Waals surface area contributed by atoms with Crippen LogP contribution in [0.5, 0.6) is 0 Å². The second-order valence-electron chi connectivity index (χ2n) is 3.94. The van der Waals surface area contributed by atoms with Crippen LogP contribution in [0, 0.1) is 6.92 Å². The molecule has 2 rings (SSSR count). The number of methoxy groups -OCH3 is 1. The molecule has 0 fully saturated rings. The van der Waals surface area contributed by atoms with Crippen molar-refractivity contribution in [3.63, 3.8) is 0 Å². The number of rotatable bonds is 4. The lowest BCUT2D eigenvalue weighted by atomic mass is 10.2. The van der Waals surface area contributed by atoms with Crippen molar-refractivity contribution in [1.82, 2.24) is 4.98 Å². The maximum absolute atomic E-state index is 10.8. The number of ether oxygens (including phenoxy) is 2. The van der Waals surface area contributed by atoms with E-state index < -0.39 is 6.16 Å². The van der Waals surface area contributed by atoms with Gasteiger partial charge in [-0.15, -0.1) is 0 Å². The Kier molecular flexibility index (Phi) is 4.18. The largest absolute Gasteiger partial charge is 0.507 e. The summed E-state index contributed by atoms with van der Waals surface area (Å²) in [6.45, 7) is 2.06.